The summed E-state index contributed by atoms with van der Waals surface area (Å²) >= 11 is 0. The van der Waals surface area contributed by atoms with Crippen molar-refractivity contribution in [3.8, 4) is 0 Å². The molecule has 0 amide bonds. The van der Waals surface area contributed by atoms with Crippen LogP contribution in [0.5, 0.6) is 0 Å². The van der Waals surface area contributed by atoms with Crippen molar-refractivity contribution in [2.24, 2.45) is 5.41 Å². The van der Waals surface area contributed by atoms with Crippen LogP contribution >= 0.6 is 0 Å². The van der Waals surface area contributed by atoms with Crippen LogP contribution < -0.4 is 5.32 Å². The van der Waals surface area contributed by atoms with Crippen molar-refractivity contribution in [3.05, 3.63) is 35.4 Å². The van der Waals surface area contributed by atoms with E-state index >= 15 is 0 Å². The second-order valence-electron chi connectivity index (χ2n) is 5.74. The van der Waals surface area contributed by atoms with Gasteiger partial charge in [0, 0.05) is 13.7 Å². The van der Waals surface area contributed by atoms with Crippen molar-refractivity contribution in [2.75, 3.05) is 13.7 Å². The van der Waals surface area contributed by atoms with E-state index in [0.717, 1.165) is 13.1 Å². The molecule has 0 bridgehead atoms. The van der Waals surface area contributed by atoms with Crippen LogP contribution in [0.15, 0.2) is 24.3 Å². The Morgan fingerprint density at radius 2 is 1.88 bits per heavy atom. The zero-order chi connectivity index (χ0) is 12.7. The Bertz CT molecular complexity index is 328. The van der Waals surface area contributed by atoms with E-state index in [-0.39, 0.29) is 0 Å². The number of hydrogen-bond acceptors (Lipinski definition) is 2. The van der Waals surface area contributed by atoms with Crippen LogP contribution in [0.3, 0.4) is 0 Å². The van der Waals surface area contributed by atoms with E-state index in [1.54, 1.807) is 7.11 Å². The molecule has 0 saturated heterocycles. The van der Waals surface area contributed by atoms with Gasteiger partial charge in [0.15, 0.2) is 0 Å². The SMILES string of the molecule is COCc1cccc(CNCCC(C)(C)C)c1. The Morgan fingerprint density at radius 1 is 1.18 bits per heavy atom. The van der Waals surface area contributed by atoms with E-state index in [9.17, 15) is 0 Å². The molecule has 2 nitrogen and oxygen atoms in total. The first-order valence-electron chi connectivity index (χ1n) is 6.29. The summed E-state index contributed by atoms with van der Waals surface area (Å²) in [5.74, 6) is 0. The molecule has 0 saturated carbocycles. The van der Waals surface area contributed by atoms with Gasteiger partial charge in [0.25, 0.3) is 0 Å². The highest BCUT2D eigenvalue weighted by Gasteiger charge is 2.08. The minimum Gasteiger partial charge on any atom is -0.380 e. The molecule has 0 radical (unpaired) electrons. The molecule has 1 N–H and O–H groups in total. The maximum atomic E-state index is 5.13. The fraction of sp³-hybridized carbons (Fsp3) is 0.600. The van der Waals surface area contributed by atoms with Crippen molar-refractivity contribution < 1.29 is 4.74 Å². The van der Waals surface area contributed by atoms with E-state index < -0.39 is 0 Å². The quantitative estimate of drug-likeness (QED) is 0.763. The molecule has 0 unspecified atom stereocenters. The molecule has 17 heavy (non-hydrogen) atoms. The maximum Gasteiger partial charge on any atom is 0.0713 e. The highest BCUT2D eigenvalue weighted by molar-refractivity contribution is 5.22. The third kappa shape index (κ3) is 6.44. The number of benzene rings is 1. The predicted octanol–water partition coefficient (Wildman–Crippen LogP) is 3.36. The molecule has 1 aromatic carbocycles. The van der Waals surface area contributed by atoms with Crippen molar-refractivity contribution in [2.45, 2.75) is 40.3 Å². The van der Waals surface area contributed by atoms with Gasteiger partial charge in [0.1, 0.15) is 0 Å². The van der Waals surface area contributed by atoms with Gasteiger partial charge in [-0.3, -0.25) is 0 Å². The molecule has 96 valence electrons. The van der Waals surface area contributed by atoms with Crippen LogP contribution in [0, 0.1) is 5.41 Å². The Labute approximate surface area is 105 Å². The number of hydrogen-bond donors (Lipinski definition) is 1. The van der Waals surface area contributed by atoms with Crippen LogP contribution in [-0.4, -0.2) is 13.7 Å². The number of methoxy groups -OCH3 is 1. The molecule has 0 aliphatic carbocycles. The first kappa shape index (κ1) is 14.2. The van der Waals surface area contributed by atoms with E-state index in [1.807, 2.05) is 0 Å². The van der Waals surface area contributed by atoms with Gasteiger partial charge in [0.05, 0.1) is 6.61 Å². The monoisotopic (exact) mass is 235 g/mol. The summed E-state index contributed by atoms with van der Waals surface area (Å²) in [5, 5.41) is 3.49. The molecule has 0 fully saturated rings. The zero-order valence-electron chi connectivity index (χ0n) is 11.5. The Hall–Kier alpha value is -0.860. The maximum absolute atomic E-state index is 5.13. The normalized spacial score (nSPS) is 11.8. The molecule has 0 aliphatic heterocycles. The highest BCUT2D eigenvalue weighted by atomic mass is 16.5. The second-order valence-corrected chi connectivity index (χ2v) is 5.74. The molecule has 2 heteroatoms. The van der Waals surface area contributed by atoms with E-state index in [0.29, 0.717) is 12.0 Å². The molecule has 0 aliphatic rings. The summed E-state index contributed by atoms with van der Waals surface area (Å²) < 4.78 is 5.13. The molecular formula is C15H25NO. The van der Waals surface area contributed by atoms with Gasteiger partial charge in [-0.1, -0.05) is 45.0 Å². The van der Waals surface area contributed by atoms with Crippen molar-refractivity contribution in [3.63, 3.8) is 0 Å². The van der Waals surface area contributed by atoms with Crippen LogP contribution in [0.4, 0.5) is 0 Å². The molecule has 0 heterocycles. The summed E-state index contributed by atoms with van der Waals surface area (Å²) in [4.78, 5) is 0. The summed E-state index contributed by atoms with van der Waals surface area (Å²) in [7, 11) is 1.73. The summed E-state index contributed by atoms with van der Waals surface area (Å²) in [6.07, 6.45) is 1.20. The number of rotatable bonds is 6. The number of nitrogens with one attached hydrogen (secondary N) is 1. The van der Waals surface area contributed by atoms with Crippen LogP contribution in [0.2, 0.25) is 0 Å². The van der Waals surface area contributed by atoms with Gasteiger partial charge in [-0.05, 0) is 29.5 Å². The van der Waals surface area contributed by atoms with Gasteiger partial charge in [-0.2, -0.15) is 0 Å². The van der Waals surface area contributed by atoms with Gasteiger partial charge < -0.3 is 10.1 Å². The molecule has 1 rings (SSSR count). The molecule has 0 aromatic heterocycles. The van der Waals surface area contributed by atoms with Crippen LogP contribution in [0.25, 0.3) is 0 Å². The largest absolute Gasteiger partial charge is 0.380 e. The minimum atomic E-state index is 0.408. The number of ether oxygens (including phenoxy) is 1. The van der Waals surface area contributed by atoms with Crippen LogP contribution in [-0.2, 0) is 17.9 Å². The van der Waals surface area contributed by atoms with Crippen molar-refractivity contribution in [1.82, 2.24) is 5.32 Å². The lowest BCUT2D eigenvalue weighted by Crippen LogP contribution is -2.20. The lowest BCUT2D eigenvalue weighted by atomic mass is 9.92. The Morgan fingerprint density at radius 3 is 2.53 bits per heavy atom. The third-order valence-corrected chi connectivity index (χ3v) is 2.68. The molecule has 0 atom stereocenters. The highest BCUT2D eigenvalue weighted by Crippen LogP contribution is 2.17. The van der Waals surface area contributed by atoms with Crippen molar-refractivity contribution in [1.29, 1.82) is 0 Å². The predicted molar refractivity (Wildman–Crippen MR) is 72.9 cm³/mol. The van der Waals surface area contributed by atoms with Crippen molar-refractivity contribution >= 4 is 0 Å². The smallest absolute Gasteiger partial charge is 0.0713 e. The van der Waals surface area contributed by atoms with Crippen LogP contribution in [0.1, 0.15) is 38.3 Å². The summed E-state index contributed by atoms with van der Waals surface area (Å²) in [5.41, 5.74) is 2.97. The average Bonchev–Trinajstić information content (AvgIpc) is 2.24. The second kappa shape index (κ2) is 6.77. The topological polar surface area (TPSA) is 21.3 Å². The fourth-order valence-electron chi connectivity index (χ4n) is 1.69. The fourth-order valence-corrected chi connectivity index (χ4v) is 1.69. The standard InChI is InChI=1S/C15H25NO/c1-15(2,3)8-9-16-11-13-6-5-7-14(10-13)12-17-4/h5-7,10,16H,8-9,11-12H2,1-4H3. The zero-order valence-corrected chi connectivity index (χ0v) is 11.5. The Balaban J connectivity index is 2.34. The summed E-state index contributed by atoms with van der Waals surface area (Å²) in [6, 6.07) is 8.55. The average molecular weight is 235 g/mol. The van der Waals surface area contributed by atoms with E-state index in [1.165, 1.54) is 17.5 Å². The first-order chi connectivity index (χ1) is 8.01. The molecular weight excluding hydrogens is 210 g/mol. The molecule has 1 aromatic rings. The van der Waals surface area contributed by atoms with Gasteiger partial charge >= 0.3 is 0 Å². The van der Waals surface area contributed by atoms with Gasteiger partial charge in [-0.15, -0.1) is 0 Å². The molecule has 0 spiro atoms. The third-order valence-electron chi connectivity index (χ3n) is 2.68. The van der Waals surface area contributed by atoms with E-state index in [2.05, 4.69) is 50.4 Å². The first-order valence-corrected chi connectivity index (χ1v) is 6.29. The van der Waals surface area contributed by atoms with E-state index in [4.69, 9.17) is 4.74 Å². The summed E-state index contributed by atoms with van der Waals surface area (Å²) in [6.45, 7) is 9.51. The van der Waals surface area contributed by atoms with Gasteiger partial charge in [0.2, 0.25) is 0 Å². The lowest BCUT2D eigenvalue weighted by Gasteiger charge is -2.18. The minimum absolute atomic E-state index is 0.408. The lowest BCUT2D eigenvalue weighted by molar-refractivity contribution is 0.185. The van der Waals surface area contributed by atoms with Gasteiger partial charge in [-0.25, -0.2) is 0 Å². The Kier molecular flexibility index (Phi) is 5.66.